The van der Waals surface area contributed by atoms with E-state index in [0.29, 0.717) is 5.56 Å². The summed E-state index contributed by atoms with van der Waals surface area (Å²) in [5.41, 5.74) is 7.77. The summed E-state index contributed by atoms with van der Waals surface area (Å²) in [6.45, 7) is 4.55. The molecular formula is C45H60N4O. The third kappa shape index (κ3) is 13.3. The van der Waals surface area contributed by atoms with Crippen LogP contribution in [0.2, 0.25) is 0 Å². The molecule has 5 nitrogen and oxygen atoms in total. The van der Waals surface area contributed by atoms with Crippen LogP contribution in [0.15, 0.2) is 107 Å². The van der Waals surface area contributed by atoms with E-state index in [4.69, 9.17) is 5.84 Å². The van der Waals surface area contributed by atoms with E-state index in [1.54, 1.807) is 0 Å². The fraction of sp³-hybridized carbons (Fsp3) is 0.444. The van der Waals surface area contributed by atoms with E-state index in [9.17, 15) is 4.79 Å². The first-order valence-electron chi connectivity index (χ1n) is 19.5. The highest BCUT2D eigenvalue weighted by Gasteiger charge is 2.16. The van der Waals surface area contributed by atoms with Crippen LogP contribution >= 0.6 is 0 Å². The molecule has 4 rings (SSSR count). The Morgan fingerprint density at radius 3 is 1.52 bits per heavy atom. The summed E-state index contributed by atoms with van der Waals surface area (Å²) in [5, 5.41) is 9.95. The molecule has 0 aliphatic rings. The molecule has 2 N–H and O–H groups in total. The van der Waals surface area contributed by atoms with Crippen molar-refractivity contribution in [3.63, 3.8) is 0 Å². The van der Waals surface area contributed by atoms with Crippen LogP contribution in [0.5, 0.6) is 0 Å². The van der Waals surface area contributed by atoms with Crippen molar-refractivity contribution in [1.29, 1.82) is 0 Å². The predicted octanol–water partition coefficient (Wildman–Crippen LogP) is 13.7. The Labute approximate surface area is 302 Å². The number of unbranched alkanes of at least 4 members (excludes halogenated alkanes) is 14. The Balaban J connectivity index is 1.35. The molecule has 266 valence electrons. The predicted molar refractivity (Wildman–Crippen MR) is 213 cm³/mol. The van der Waals surface area contributed by atoms with Gasteiger partial charge in [0.1, 0.15) is 0 Å². The van der Waals surface area contributed by atoms with Gasteiger partial charge in [-0.25, -0.2) is 10.9 Å². The number of rotatable bonds is 23. The molecule has 0 bridgehead atoms. The molecule has 50 heavy (non-hydrogen) atoms. The zero-order valence-electron chi connectivity index (χ0n) is 30.8. The summed E-state index contributed by atoms with van der Waals surface area (Å²) in [5.74, 6) is 6.31. The number of aryl methyl sites for hydroxylation is 2. The van der Waals surface area contributed by atoms with Crippen LogP contribution in [0, 0.1) is 0 Å². The van der Waals surface area contributed by atoms with Crippen molar-refractivity contribution >= 4 is 23.0 Å². The molecule has 0 saturated heterocycles. The quantitative estimate of drug-likeness (QED) is 0.0280. The van der Waals surface area contributed by atoms with Gasteiger partial charge in [0, 0.05) is 5.56 Å². The van der Waals surface area contributed by atoms with Crippen molar-refractivity contribution in [2.24, 2.45) is 16.1 Å². The maximum atomic E-state index is 13.5. The lowest BCUT2D eigenvalue weighted by atomic mass is 9.95. The van der Waals surface area contributed by atoms with E-state index < -0.39 is 0 Å². The number of hydrazine groups is 1. The van der Waals surface area contributed by atoms with Crippen molar-refractivity contribution in [2.75, 3.05) is 5.01 Å². The second-order valence-electron chi connectivity index (χ2n) is 13.7. The van der Waals surface area contributed by atoms with Crippen molar-refractivity contribution < 1.29 is 4.79 Å². The van der Waals surface area contributed by atoms with Gasteiger partial charge in [-0.05, 0) is 96.5 Å². The first-order chi connectivity index (χ1) is 24.6. The first kappa shape index (κ1) is 38.7. The summed E-state index contributed by atoms with van der Waals surface area (Å²) in [6.07, 6.45) is 23.1. The summed E-state index contributed by atoms with van der Waals surface area (Å²) in [4.78, 5) is 13.5. The van der Waals surface area contributed by atoms with E-state index in [1.165, 1.54) is 119 Å². The van der Waals surface area contributed by atoms with Crippen LogP contribution in [0.3, 0.4) is 0 Å². The molecule has 5 heteroatoms. The van der Waals surface area contributed by atoms with E-state index in [0.717, 1.165) is 41.0 Å². The van der Waals surface area contributed by atoms with Crippen molar-refractivity contribution in [3.05, 3.63) is 114 Å². The van der Waals surface area contributed by atoms with Crippen LogP contribution < -0.4 is 10.9 Å². The molecule has 0 saturated carbocycles. The zero-order chi connectivity index (χ0) is 35.2. The number of hydrogen-bond donors (Lipinski definition) is 1. The highest BCUT2D eigenvalue weighted by Crippen LogP contribution is 2.27. The molecule has 0 atom stereocenters. The SMILES string of the molecule is CCCCCCCCCCc1ccc(N(N)C(=O)c2ccc(-c3ccc(/N=N/c4ccccc4)cc3)cc2)cc1CCCCCCCCCC. The molecule has 0 aromatic heterocycles. The van der Waals surface area contributed by atoms with Gasteiger partial charge in [-0.3, -0.25) is 4.79 Å². The molecule has 0 heterocycles. The van der Waals surface area contributed by atoms with Gasteiger partial charge in [0.2, 0.25) is 0 Å². The summed E-state index contributed by atoms with van der Waals surface area (Å²) in [7, 11) is 0. The lowest BCUT2D eigenvalue weighted by molar-refractivity contribution is 0.0987. The van der Waals surface area contributed by atoms with Gasteiger partial charge in [0.15, 0.2) is 0 Å². The lowest BCUT2D eigenvalue weighted by Crippen LogP contribution is -2.37. The maximum absolute atomic E-state index is 13.5. The first-order valence-corrected chi connectivity index (χ1v) is 19.5. The summed E-state index contributed by atoms with van der Waals surface area (Å²) >= 11 is 0. The fourth-order valence-electron chi connectivity index (χ4n) is 6.53. The normalized spacial score (nSPS) is 11.3. The number of azo groups is 1. The van der Waals surface area contributed by atoms with Crippen LogP contribution in [-0.4, -0.2) is 5.91 Å². The Morgan fingerprint density at radius 2 is 0.980 bits per heavy atom. The second-order valence-corrected chi connectivity index (χ2v) is 13.7. The van der Waals surface area contributed by atoms with Crippen molar-refractivity contribution in [1.82, 2.24) is 0 Å². The molecule has 0 unspecified atom stereocenters. The van der Waals surface area contributed by atoms with Gasteiger partial charge in [-0.15, -0.1) is 0 Å². The summed E-state index contributed by atoms with van der Waals surface area (Å²) in [6, 6.07) is 31.7. The third-order valence-electron chi connectivity index (χ3n) is 9.66. The minimum Gasteiger partial charge on any atom is -0.267 e. The smallest absolute Gasteiger partial charge is 0.267 e. The van der Waals surface area contributed by atoms with Crippen LogP contribution in [0.1, 0.15) is 138 Å². The topological polar surface area (TPSA) is 71.0 Å². The zero-order valence-corrected chi connectivity index (χ0v) is 30.8. The number of amides is 1. The van der Waals surface area contributed by atoms with Gasteiger partial charge in [-0.1, -0.05) is 152 Å². The van der Waals surface area contributed by atoms with Gasteiger partial charge < -0.3 is 0 Å². The van der Waals surface area contributed by atoms with Crippen LogP contribution in [0.4, 0.5) is 17.1 Å². The third-order valence-corrected chi connectivity index (χ3v) is 9.66. The van der Waals surface area contributed by atoms with E-state index in [1.807, 2.05) is 84.9 Å². The van der Waals surface area contributed by atoms with Crippen LogP contribution in [-0.2, 0) is 12.8 Å². The Hall–Kier alpha value is -4.09. The van der Waals surface area contributed by atoms with Crippen LogP contribution in [0.25, 0.3) is 11.1 Å². The average Bonchev–Trinajstić information content (AvgIpc) is 3.16. The number of hydrogen-bond acceptors (Lipinski definition) is 4. The second kappa shape index (κ2) is 22.6. The van der Waals surface area contributed by atoms with Crippen molar-refractivity contribution in [2.45, 2.75) is 129 Å². The molecule has 4 aromatic carbocycles. The molecule has 0 fully saturated rings. The molecule has 1 amide bonds. The van der Waals surface area contributed by atoms with Gasteiger partial charge >= 0.3 is 0 Å². The molecular weight excluding hydrogens is 613 g/mol. The van der Waals surface area contributed by atoms with Gasteiger partial charge in [0.05, 0.1) is 17.1 Å². The number of anilines is 1. The monoisotopic (exact) mass is 672 g/mol. The number of nitrogens with two attached hydrogens (primary N) is 1. The molecule has 0 spiro atoms. The number of carbonyl (C=O) groups excluding carboxylic acids is 1. The fourth-order valence-corrected chi connectivity index (χ4v) is 6.53. The lowest BCUT2D eigenvalue weighted by Gasteiger charge is -2.20. The Morgan fingerprint density at radius 1 is 0.520 bits per heavy atom. The largest absolute Gasteiger partial charge is 0.272 e. The highest BCUT2D eigenvalue weighted by molar-refractivity contribution is 6.05. The van der Waals surface area contributed by atoms with Crippen molar-refractivity contribution in [3.8, 4) is 11.1 Å². The standard InChI is InChI=1S/C45H60N4O/c1-3-5-7-9-11-13-15-18-22-37-32-35-44(36-41(37)23-19-16-14-12-10-8-6-4-2)49(46)45(50)40-28-26-38(27-29-40)39-30-33-43(34-31-39)48-47-42-24-20-17-21-25-42/h17,20-21,24-36H,3-16,18-19,22-23,46H2,1-2H3/b48-47+. The van der Waals surface area contributed by atoms with Gasteiger partial charge in [0.25, 0.3) is 5.91 Å². The number of carbonyl (C=O) groups is 1. The Kier molecular flexibility index (Phi) is 17.5. The number of benzene rings is 4. The highest BCUT2D eigenvalue weighted by atomic mass is 16.2. The molecule has 0 radical (unpaired) electrons. The number of nitrogens with zero attached hydrogens (tertiary/aromatic N) is 3. The minimum absolute atomic E-state index is 0.206. The minimum atomic E-state index is -0.206. The maximum Gasteiger partial charge on any atom is 0.272 e. The molecule has 0 aliphatic heterocycles. The molecule has 0 aliphatic carbocycles. The van der Waals surface area contributed by atoms with E-state index >= 15 is 0 Å². The summed E-state index contributed by atoms with van der Waals surface area (Å²) < 4.78 is 0. The van der Waals surface area contributed by atoms with E-state index in [2.05, 4.69) is 36.2 Å². The average molecular weight is 673 g/mol. The van der Waals surface area contributed by atoms with Gasteiger partial charge in [-0.2, -0.15) is 10.2 Å². The van der Waals surface area contributed by atoms with E-state index in [-0.39, 0.29) is 5.91 Å². The molecule has 4 aromatic rings. The Bertz CT molecular complexity index is 1550.